The van der Waals surface area contributed by atoms with E-state index in [-0.39, 0.29) is 6.10 Å². The Kier molecular flexibility index (Phi) is 4.08. The molecule has 0 spiro atoms. The van der Waals surface area contributed by atoms with Crippen molar-refractivity contribution < 1.29 is 4.74 Å². The summed E-state index contributed by atoms with van der Waals surface area (Å²) < 4.78 is 8.15. The molecule has 1 aliphatic rings. The van der Waals surface area contributed by atoms with Gasteiger partial charge in [-0.25, -0.2) is 9.67 Å². The molecule has 2 aromatic carbocycles. The molecule has 0 aliphatic carbocycles. The predicted octanol–water partition coefficient (Wildman–Crippen LogP) is 4.32. The quantitative estimate of drug-likeness (QED) is 0.504. The zero-order valence-electron chi connectivity index (χ0n) is 13.1. The Morgan fingerprint density at radius 1 is 1.17 bits per heavy atom. The van der Waals surface area contributed by atoms with Crippen molar-refractivity contribution in [3.63, 3.8) is 0 Å². The van der Waals surface area contributed by atoms with Gasteiger partial charge in [0.2, 0.25) is 0 Å². The van der Waals surface area contributed by atoms with Gasteiger partial charge in [-0.2, -0.15) is 5.10 Å². The third kappa shape index (κ3) is 2.62. The summed E-state index contributed by atoms with van der Waals surface area (Å²) in [6.07, 6.45) is 3.49. The zero-order chi connectivity index (χ0) is 16.6. The lowest BCUT2D eigenvalue weighted by atomic mass is 9.91. The Morgan fingerprint density at radius 2 is 1.92 bits per heavy atom. The average Bonchev–Trinajstić information content (AvgIpc) is 3.16. The number of halogens is 1. The lowest BCUT2D eigenvalue weighted by molar-refractivity contribution is 0.256. The van der Waals surface area contributed by atoms with Gasteiger partial charge in [0.05, 0.1) is 6.54 Å². The molecule has 2 atom stereocenters. The van der Waals surface area contributed by atoms with Crippen LogP contribution in [0.1, 0.15) is 17.2 Å². The molecular weight excluding hydrogens is 342 g/mol. The third-order valence-electron chi connectivity index (χ3n) is 4.29. The van der Waals surface area contributed by atoms with E-state index >= 15 is 0 Å². The smallest absolute Gasteiger partial charge is 0.185 e. The van der Waals surface area contributed by atoms with E-state index in [0.29, 0.717) is 6.54 Å². The van der Waals surface area contributed by atoms with Gasteiger partial charge in [0, 0.05) is 10.6 Å². The van der Waals surface area contributed by atoms with E-state index in [1.54, 1.807) is 18.1 Å². The largest absolute Gasteiger partial charge is 0.354 e. The van der Waals surface area contributed by atoms with E-state index in [1.165, 1.54) is 0 Å². The molecule has 1 fully saturated rings. The number of hydrogen-bond acceptors (Lipinski definition) is 4. The molecule has 122 valence electrons. The highest BCUT2D eigenvalue weighted by molar-refractivity contribution is 7.98. The Morgan fingerprint density at radius 3 is 2.67 bits per heavy atom. The fraction of sp³-hybridized carbons (Fsp3) is 0.222. The maximum atomic E-state index is 6.40. The summed E-state index contributed by atoms with van der Waals surface area (Å²) in [5.74, 6) is 0. The van der Waals surface area contributed by atoms with E-state index in [9.17, 15) is 0 Å². The molecule has 0 amide bonds. The van der Waals surface area contributed by atoms with Gasteiger partial charge in [-0.15, -0.1) is 0 Å². The summed E-state index contributed by atoms with van der Waals surface area (Å²) >= 11 is 7.97. The monoisotopic (exact) mass is 357 g/mol. The van der Waals surface area contributed by atoms with Crippen LogP contribution in [0.25, 0.3) is 0 Å². The number of epoxide rings is 1. The lowest BCUT2D eigenvalue weighted by Crippen LogP contribution is -2.20. The molecule has 6 heteroatoms. The van der Waals surface area contributed by atoms with Crippen LogP contribution in [0.15, 0.2) is 66.1 Å². The van der Waals surface area contributed by atoms with Crippen molar-refractivity contribution in [3.8, 4) is 0 Å². The molecule has 0 N–H and O–H groups in total. The van der Waals surface area contributed by atoms with Crippen LogP contribution in [0.3, 0.4) is 0 Å². The van der Waals surface area contributed by atoms with E-state index in [0.717, 1.165) is 21.3 Å². The van der Waals surface area contributed by atoms with E-state index < -0.39 is 5.60 Å². The Hall–Kier alpha value is -1.82. The summed E-state index contributed by atoms with van der Waals surface area (Å²) in [6, 6.07) is 18.1. The summed E-state index contributed by atoms with van der Waals surface area (Å²) in [7, 11) is 0. The molecule has 0 unspecified atom stereocenters. The summed E-state index contributed by atoms with van der Waals surface area (Å²) in [4.78, 5) is 4.29. The first kappa shape index (κ1) is 15.7. The third-order valence-corrected chi connectivity index (χ3v) is 5.32. The highest BCUT2D eigenvalue weighted by atomic mass is 35.5. The van der Waals surface area contributed by atoms with Crippen molar-refractivity contribution in [2.24, 2.45) is 0 Å². The van der Waals surface area contributed by atoms with Crippen LogP contribution < -0.4 is 0 Å². The first-order valence-electron chi connectivity index (χ1n) is 7.64. The van der Waals surface area contributed by atoms with Gasteiger partial charge in [0.15, 0.2) is 5.16 Å². The van der Waals surface area contributed by atoms with Crippen molar-refractivity contribution >= 4 is 23.4 Å². The molecule has 1 aliphatic heterocycles. The number of rotatable bonds is 5. The van der Waals surface area contributed by atoms with E-state index in [2.05, 4.69) is 22.2 Å². The molecule has 3 aromatic rings. The molecule has 4 rings (SSSR count). The minimum absolute atomic E-state index is 0.0903. The molecule has 4 nitrogen and oxygen atoms in total. The van der Waals surface area contributed by atoms with Crippen molar-refractivity contribution in [2.75, 3.05) is 6.26 Å². The first-order chi connectivity index (χ1) is 11.7. The molecule has 0 saturated carbocycles. The second kappa shape index (κ2) is 6.24. The Bertz CT molecular complexity index is 854. The second-order valence-corrected chi connectivity index (χ2v) is 6.86. The van der Waals surface area contributed by atoms with Crippen LogP contribution in [0, 0.1) is 0 Å². The van der Waals surface area contributed by atoms with E-state index in [4.69, 9.17) is 16.3 Å². The van der Waals surface area contributed by atoms with E-state index in [1.807, 2.05) is 53.4 Å². The maximum absolute atomic E-state index is 6.40. The van der Waals surface area contributed by atoms with Gasteiger partial charge in [-0.05, 0) is 17.9 Å². The SMILES string of the molecule is CSc1ncnn1C[C@@]1(c2ccccc2)O[C@@H]1c1ccccc1Cl. The van der Waals surface area contributed by atoms with Crippen molar-refractivity contribution in [1.82, 2.24) is 14.8 Å². The number of aromatic nitrogens is 3. The van der Waals surface area contributed by atoms with Crippen molar-refractivity contribution in [1.29, 1.82) is 0 Å². The molecular formula is C18H16ClN3OS. The summed E-state index contributed by atoms with van der Waals surface area (Å²) in [5, 5.41) is 5.96. The highest BCUT2D eigenvalue weighted by Crippen LogP contribution is 2.59. The molecule has 0 radical (unpaired) electrons. The second-order valence-electron chi connectivity index (χ2n) is 5.68. The maximum Gasteiger partial charge on any atom is 0.185 e. The predicted molar refractivity (Wildman–Crippen MR) is 95.2 cm³/mol. The number of ether oxygens (including phenoxy) is 1. The Balaban J connectivity index is 1.75. The van der Waals surface area contributed by atoms with Crippen LogP contribution in [-0.4, -0.2) is 21.0 Å². The normalized spacial score (nSPS) is 22.5. The Labute approximate surface area is 149 Å². The number of nitrogens with zero attached hydrogens (tertiary/aromatic N) is 3. The molecule has 0 bridgehead atoms. The molecule has 1 saturated heterocycles. The topological polar surface area (TPSA) is 43.2 Å². The van der Waals surface area contributed by atoms with Crippen LogP contribution in [0.2, 0.25) is 5.02 Å². The van der Waals surface area contributed by atoms with Crippen LogP contribution in [0.5, 0.6) is 0 Å². The number of hydrogen-bond donors (Lipinski definition) is 0. The lowest BCUT2D eigenvalue weighted by Gasteiger charge is -2.15. The fourth-order valence-corrected chi connectivity index (χ4v) is 3.78. The first-order valence-corrected chi connectivity index (χ1v) is 9.24. The van der Waals surface area contributed by atoms with Gasteiger partial charge in [0.1, 0.15) is 18.0 Å². The van der Waals surface area contributed by atoms with Crippen LogP contribution >= 0.6 is 23.4 Å². The number of thioether (sulfide) groups is 1. The van der Waals surface area contributed by atoms with Gasteiger partial charge in [-0.1, -0.05) is 71.9 Å². The van der Waals surface area contributed by atoms with Crippen LogP contribution in [0.4, 0.5) is 0 Å². The fourth-order valence-electron chi connectivity index (χ4n) is 3.07. The zero-order valence-corrected chi connectivity index (χ0v) is 14.7. The minimum atomic E-state index is -0.468. The van der Waals surface area contributed by atoms with Gasteiger partial charge in [0.25, 0.3) is 0 Å². The number of benzene rings is 2. The minimum Gasteiger partial charge on any atom is -0.354 e. The summed E-state index contributed by atoms with van der Waals surface area (Å²) in [5.41, 5.74) is 1.66. The van der Waals surface area contributed by atoms with Gasteiger partial charge < -0.3 is 4.74 Å². The standard InChI is InChI=1S/C18H16ClN3OS/c1-24-17-20-12-21-22(17)11-18(13-7-3-2-4-8-13)16(23-18)14-9-5-6-10-15(14)19/h2-10,12,16H,11H2,1H3/t16-,18+/m1/s1. The molecule has 2 heterocycles. The molecule has 24 heavy (non-hydrogen) atoms. The van der Waals surface area contributed by atoms with Crippen molar-refractivity contribution in [2.45, 2.75) is 23.4 Å². The molecule has 1 aromatic heterocycles. The van der Waals surface area contributed by atoms with Gasteiger partial charge in [-0.3, -0.25) is 0 Å². The van der Waals surface area contributed by atoms with Crippen LogP contribution in [-0.2, 0) is 16.9 Å². The van der Waals surface area contributed by atoms with Crippen molar-refractivity contribution in [3.05, 3.63) is 77.1 Å². The highest BCUT2D eigenvalue weighted by Gasteiger charge is 2.59. The van der Waals surface area contributed by atoms with Gasteiger partial charge >= 0.3 is 0 Å². The summed E-state index contributed by atoms with van der Waals surface area (Å²) in [6.45, 7) is 0.600. The average molecular weight is 358 g/mol.